The van der Waals surface area contributed by atoms with E-state index in [2.05, 4.69) is 20.9 Å². The number of hydrogen-bond acceptors (Lipinski definition) is 1. The Labute approximate surface area is 119 Å². The molecule has 0 aliphatic heterocycles. The molecule has 0 spiro atoms. The van der Waals surface area contributed by atoms with Gasteiger partial charge in [0.1, 0.15) is 0 Å². The Morgan fingerprint density at radius 3 is 2.26 bits per heavy atom. The molecule has 1 aromatic heterocycles. The molecule has 1 atom stereocenters. The van der Waals surface area contributed by atoms with Gasteiger partial charge in [0.2, 0.25) is 0 Å². The van der Waals surface area contributed by atoms with E-state index in [-0.39, 0.29) is 17.7 Å². The maximum absolute atomic E-state index is 12.6. The molecule has 5 heteroatoms. The van der Waals surface area contributed by atoms with Crippen LogP contribution >= 0.6 is 15.9 Å². The number of pyridine rings is 1. The van der Waals surface area contributed by atoms with Gasteiger partial charge in [0, 0.05) is 17.2 Å². The van der Waals surface area contributed by atoms with Gasteiger partial charge in [-0.15, -0.1) is 0 Å². The lowest BCUT2D eigenvalue weighted by Gasteiger charge is -2.32. The molecule has 1 aromatic rings. The maximum Gasteiger partial charge on any atom is 0.391 e. The summed E-state index contributed by atoms with van der Waals surface area (Å²) in [5.41, 5.74) is 1.18. The minimum Gasteiger partial charge on any atom is -0.265 e. The Balaban J connectivity index is 1.84. The van der Waals surface area contributed by atoms with Gasteiger partial charge in [-0.1, -0.05) is 15.9 Å². The Hall–Kier alpha value is -0.580. The Kier molecular flexibility index (Phi) is 4.87. The SMILES string of the molecule is FC(F)(F)C1CCC(C(Br)Cc2ccncc2)CC1. The zero-order valence-electron chi connectivity index (χ0n) is 10.5. The molecule has 19 heavy (non-hydrogen) atoms. The first-order chi connectivity index (χ1) is 8.97. The molecule has 1 fully saturated rings. The smallest absolute Gasteiger partial charge is 0.265 e. The van der Waals surface area contributed by atoms with Gasteiger partial charge in [-0.2, -0.15) is 13.2 Å². The predicted molar refractivity (Wildman–Crippen MR) is 72.2 cm³/mol. The van der Waals surface area contributed by atoms with Gasteiger partial charge in [0.05, 0.1) is 5.92 Å². The monoisotopic (exact) mass is 335 g/mol. The second-order valence-corrected chi connectivity index (χ2v) is 6.41. The summed E-state index contributed by atoms with van der Waals surface area (Å²) >= 11 is 3.64. The van der Waals surface area contributed by atoms with Gasteiger partial charge in [-0.05, 0) is 55.7 Å². The van der Waals surface area contributed by atoms with Gasteiger partial charge in [-0.3, -0.25) is 4.98 Å². The second-order valence-electron chi connectivity index (χ2n) is 5.23. The number of rotatable bonds is 3. The van der Waals surface area contributed by atoms with Crippen LogP contribution in [-0.2, 0) is 6.42 Å². The molecule has 0 radical (unpaired) electrons. The van der Waals surface area contributed by atoms with E-state index in [0.29, 0.717) is 18.8 Å². The summed E-state index contributed by atoms with van der Waals surface area (Å²) in [5.74, 6) is -0.754. The van der Waals surface area contributed by atoms with Gasteiger partial charge >= 0.3 is 6.18 Å². The minimum atomic E-state index is -4.02. The third kappa shape index (κ3) is 4.20. The van der Waals surface area contributed by atoms with Crippen molar-refractivity contribution in [2.24, 2.45) is 11.8 Å². The van der Waals surface area contributed by atoms with Crippen LogP contribution in [-0.4, -0.2) is 16.0 Å². The fraction of sp³-hybridized carbons (Fsp3) is 0.643. The van der Waals surface area contributed by atoms with Crippen LogP contribution in [0.2, 0.25) is 0 Å². The van der Waals surface area contributed by atoms with Crippen molar-refractivity contribution in [3.63, 3.8) is 0 Å². The molecule has 0 aromatic carbocycles. The maximum atomic E-state index is 12.6. The fourth-order valence-electron chi connectivity index (χ4n) is 2.72. The van der Waals surface area contributed by atoms with Crippen molar-refractivity contribution in [3.8, 4) is 0 Å². The second kappa shape index (κ2) is 6.25. The molecule has 1 heterocycles. The normalized spacial score (nSPS) is 26.1. The van der Waals surface area contributed by atoms with Crippen molar-refractivity contribution in [3.05, 3.63) is 30.1 Å². The predicted octanol–water partition coefficient (Wildman–Crippen LogP) is 4.76. The highest BCUT2D eigenvalue weighted by Gasteiger charge is 2.42. The van der Waals surface area contributed by atoms with Crippen LogP contribution in [0.25, 0.3) is 0 Å². The third-order valence-corrected chi connectivity index (χ3v) is 5.00. The molecule has 106 valence electrons. The molecule has 0 N–H and O–H groups in total. The molecule has 0 saturated heterocycles. The van der Waals surface area contributed by atoms with Gasteiger partial charge < -0.3 is 0 Å². The van der Waals surface area contributed by atoms with Crippen molar-refractivity contribution in [1.82, 2.24) is 4.98 Å². The summed E-state index contributed by atoms with van der Waals surface area (Å²) in [5, 5.41) is 0. The lowest BCUT2D eigenvalue weighted by atomic mass is 9.79. The van der Waals surface area contributed by atoms with E-state index < -0.39 is 12.1 Å². The van der Waals surface area contributed by atoms with E-state index in [1.807, 2.05) is 12.1 Å². The minimum absolute atomic E-state index is 0.254. The highest BCUT2D eigenvalue weighted by molar-refractivity contribution is 9.09. The summed E-state index contributed by atoms with van der Waals surface area (Å²) in [6.07, 6.45) is 2.18. The first-order valence-corrected chi connectivity index (χ1v) is 7.48. The zero-order valence-corrected chi connectivity index (χ0v) is 12.1. The Morgan fingerprint density at radius 2 is 1.74 bits per heavy atom. The van der Waals surface area contributed by atoms with E-state index in [0.717, 1.165) is 6.42 Å². The van der Waals surface area contributed by atoms with Crippen LogP contribution < -0.4 is 0 Å². The van der Waals surface area contributed by atoms with E-state index in [9.17, 15) is 13.2 Å². The highest BCUT2D eigenvalue weighted by atomic mass is 79.9. The van der Waals surface area contributed by atoms with E-state index >= 15 is 0 Å². The summed E-state index contributed by atoms with van der Waals surface area (Å²) in [6.45, 7) is 0. The van der Waals surface area contributed by atoms with E-state index in [4.69, 9.17) is 0 Å². The quantitative estimate of drug-likeness (QED) is 0.726. The van der Waals surface area contributed by atoms with Gasteiger partial charge in [0.15, 0.2) is 0 Å². The van der Waals surface area contributed by atoms with Crippen molar-refractivity contribution in [2.75, 3.05) is 0 Å². The summed E-state index contributed by atoms with van der Waals surface area (Å²) in [7, 11) is 0. The number of aromatic nitrogens is 1. The fourth-order valence-corrected chi connectivity index (χ4v) is 3.62. The van der Waals surface area contributed by atoms with Crippen LogP contribution in [0.1, 0.15) is 31.2 Å². The van der Waals surface area contributed by atoms with Crippen LogP contribution in [0.3, 0.4) is 0 Å². The molecule has 1 unspecified atom stereocenters. The number of hydrogen-bond donors (Lipinski definition) is 0. The third-order valence-electron chi connectivity index (χ3n) is 3.93. The molecule has 1 saturated carbocycles. The number of alkyl halides is 4. The first-order valence-electron chi connectivity index (χ1n) is 6.56. The van der Waals surface area contributed by atoms with Crippen LogP contribution in [0.5, 0.6) is 0 Å². The van der Waals surface area contributed by atoms with E-state index in [1.165, 1.54) is 5.56 Å². The Bertz CT molecular complexity index is 385. The molecule has 1 aliphatic carbocycles. The van der Waals surface area contributed by atoms with E-state index in [1.54, 1.807) is 12.4 Å². The van der Waals surface area contributed by atoms with Crippen LogP contribution in [0, 0.1) is 11.8 Å². The standard InChI is InChI=1S/C14H17BrF3N/c15-13(9-10-5-7-19-8-6-10)11-1-3-12(4-2-11)14(16,17)18/h5-8,11-13H,1-4,9H2. The Morgan fingerprint density at radius 1 is 1.16 bits per heavy atom. The molecular weight excluding hydrogens is 319 g/mol. The zero-order chi connectivity index (χ0) is 13.9. The molecule has 2 rings (SSSR count). The molecular formula is C14H17BrF3N. The summed E-state index contributed by atoms with van der Waals surface area (Å²) in [6, 6.07) is 3.91. The number of halogens is 4. The summed E-state index contributed by atoms with van der Waals surface area (Å²) in [4.78, 5) is 4.22. The van der Waals surface area contributed by atoms with Crippen molar-refractivity contribution in [2.45, 2.75) is 43.1 Å². The number of nitrogens with zero attached hydrogens (tertiary/aromatic N) is 1. The van der Waals surface area contributed by atoms with Gasteiger partial charge in [0.25, 0.3) is 0 Å². The lowest BCUT2D eigenvalue weighted by molar-refractivity contribution is -0.183. The molecule has 0 bridgehead atoms. The van der Waals surface area contributed by atoms with Crippen molar-refractivity contribution in [1.29, 1.82) is 0 Å². The average Bonchev–Trinajstić information content (AvgIpc) is 2.39. The van der Waals surface area contributed by atoms with Crippen molar-refractivity contribution < 1.29 is 13.2 Å². The lowest BCUT2D eigenvalue weighted by Crippen LogP contribution is -2.30. The van der Waals surface area contributed by atoms with Gasteiger partial charge in [-0.25, -0.2) is 0 Å². The van der Waals surface area contributed by atoms with Crippen LogP contribution in [0.15, 0.2) is 24.5 Å². The average molecular weight is 336 g/mol. The topological polar surface area (TPSA) is 12.9 Å². The highest BCUT2D eigenvalue weighted by Crippen LogP contribution is 2.41. The largest absolute Gasteiger partial charge is 0.391 e. The first kappa shape index (κ1) is 14.8. The van der Waals surface area contributed by atoms with Crippen molar-refractivity contribution >= 4 is 15.9 Å². The molecule has 1 aliphatic rings. The molecule has 0 amide bonds. The summed E-state index contributed by atoms with van der Waals surface area (Å²) < 4.78 is 37.8. The van der Waals surface area contributed by atoms with Crippen LogP contribution in [0.4, 0.5) is 13.2 Å². The molecule has 1 nitrogen and oxygen atoms in total.